The fourth-order valence-electron chi connectivity index (χ4n) is 2.13. The molecule has 0 unspecified atom stereocenters. The van der Waals surface area contributed by atoms with E-state index in [0.717, 1.165) is 0 Å². The van der Waals surface area contributed by atoms with Gasteiger partial charge in [-0.25, -0.2) is 4.39 Å². The minimum Gasteiger partial charge on any atom is -0.493 e. The molecule has 0 aliphatic carbocycles. The summed E-state index contributed by atoms with van der Waals surface area (Å²) in [7, 11) is 2.09. The molecular weight excluding hydrogens is 286 g/mol. The highest BCUT2D eigenvalue weighted by Crippen LogP contribution is 2.39. The number of rotatable bonds is 4. The summed E-state index contributed by atoms with van der Waals surface area (Å²) in [6, 6.07) is 5.16. The smallest absolute Gasteiger partial charge is 0.493 e. The van der Waals surface area contributed by atoms with Gasteiger partial charge < -0.3 is 18.8 Å². The van der Waals surface area contributed by atoms with E-state index in [1.807, 2.05) is 27.7 Å². The average molecular weight is 308 g/mol. The summed E-state index contributed by atoms with van der Waals surface area (Å²) in [4.78, 5) is 0. The minimum absolute atomic E-state index is 0.481. The molecule has 1 aliphatic heterocycles. The molecule has 2 rings (SSSR count). The first-order valence-electron chi connectivity index (χ1n) is 7.15. The minimum atomic E-state index is -1.00. The van der Waals surface area contributed by atoms with Crippen LogP contribution in [-0.2, 0) is 9.31 Å². The first-order valence-corrected chi connectivity index (χ1v) is 7.15. The largest absolute Gasteiger partial charge is 0.525 e. The van der Waals surface area contributed by atoms with Gasteiger partial charge in [0.05, 0.1) is 25.4 Å². The zero-order valence-corrected chi connectivity index (χ0v) is 13.9. The third-order valence-electron chi connectivity index (χ3n) is 4.19. The topological polar surface area (TPSA) is 36.9 Å². The van der Waals surface area contributed by atoms with Crippen LogP contribution in [0, 0.1) is 0 Å². The summed E-state index contributed by atoms with van der Waals surface area (Å²) in [6.45, 7) is 7.54. The van der Waals surface area contributed by atoms with Crippen LogP contribution in [0.15, 0.2) is 23.9 Å². The van der Waals surface area contributed by atoms with Crippen LogP contribution in [-0.4, -0.2) is 32.5 Å². The maximum Gasteiger partial charge on any atom is 0.525 e. The second kappa shape index (κ2) is 5.93. The number of hydrogen-bond acceptors (Lipinski definition) is 4. The number of halogens is 1. The standard InChI is InChI=1S/C16H22BFO4/c1-15(2)16(3,4)22-17(21-15)14(18)10-11-7-8-12(19-5)13(9-11)20-6/h7-10H,1-6H3. The summed E-state index contributed by atoms with van der Waals surface area (Å²) >= 11 is 0. The van der Waals surface area contributed by atoms with Crippen LogP contribution in [0.2, 0.25) is 0 Å². The Balaban J connectivity index is 2.23. The first kappa shape index (κ1) is 16.8. The van der Waals surface area contributed by atoms with Gasteiger partial charge >= 0.3 is 7.12 Å². The molecule has 0 saturated carbocycles. The lowest BCUT2D eigenvalue weighted by atomic mass is 9.87. The van der Waals surface area contributed by atoms with Crippen molar-refractivity contribution in [1.82, 2.24) is 0 Å². The van der Waals surface area contributed by atoms with Crippen molar-refractivity contribution in [2.45, 2.75) is 38.9 Å². The molecule has 0 amide bonds. The lowest BCUT2D eigenvalue weighted by Gasteiger charge is -2.32. The predicted octanol–water partition coefficient (Wildman–Crippen LogP) is 3.65. The van der Waals surface area contributed by atoms with Crippen molar-refractivity contribution in [3.05, 3.63) is 29.5 Å². The Hall–Kier alpha value is -1.53. The van der Waals surface area contributed by atoms with Crippen molar-refractivity contribution in [1.29, 1.82) is 0 Å². The normalized spacial score (nSPS) is 20.1. The van der Waals surface area contributed by atoms with E-state index in [2.05, 4.69) is 0 Å². The van der Waals surface area contributed by atoms with E-state index in [1.54, 1.807) is 25.3 Å². The lowest BCUT2D eigenvalue weighted by Crippen LogP contribution is -2.41. The fourth-order valence-corrected chi connectivity index (χ4v) is 2.13. The van der Waals surface area contributed by atoms with Gasteiger partial charge in [0.25, 0.3) is 0 Å². The summed E-state index contributed by atoms with van der Waals surface area (Å²) < 4.78 is 36.2. The van der Waals surface area contributed by atoms with Gasteiger partial charge in [-0.05, 0) is 51.5 Å². The monoisotopic (exact) mass is 308 g/mol. The molecule has 0 N–H and O–H groups in total. The van der Waals surface area contributed by atoms with Crippen molar-refractivity contribution in [2.24, 2.45) is 0 Å². The Kier molecular flexibility index (Phi) is 4.54. The highest BCUT2D eigenvalue weighted by Gasteiger charge is 2.53. The summed E-state index contributed by atoms with van der Waals surface area (Å²) in [6.07, 6.45) is 1.38. The molecule has 0 spiro atoms. The lowest BCUT2D eigenvalue weighted by molar-refractivity contribution is 0.00578. The van der Waals surface area contributed by atoms with Crippen LogP contribution < -0.4 is 9.47 Å². The molecule has 1 aromatic rings. The van der Waals surface area contributed by atoms with Crippen LogP contribution in [0.4, 0.5) is 4.39 Å². The Bertz CT molecular complexity index is 568. The Labute approximate surface area is 131 Å². The third kappa shape index (κ3) is 3.13. The van der Waals surface area contributed by atoms with Crippen LogP contribution >= 0.6 is 0 Å². The highest BCUT2D eigenvalue weighted by atomic mass is 19.1. The highest BCUT2D eigenvalue weighted by molar-refractivity contribution is 6.54. The van der Waals surface area contributed by atoms with E-state index < -0.39 is 24.0 Å². The molecule has 1 aliphatic rings. The molecule has 6 heteroatoms. The van der Waals surface area contributed by atoms with Crippen LogP contribution in [0.3, 0.4) is 0 Å². The van der Waals surface area contributed by atoms with Crippen molar-refractivity contribution in [3.8, 4) is 11.5 Å². The second-order valence-electron chi connectivity index (χ2n) is 6.23. The Morgan fingerprint density at radius 1 is 1.05 bits per heavy atom. The molecule has 0 aromatic heterocycles. The fraction of sp³-hybridized carbons (Fsp3) is 0.500. The zero-order valence-electron chi connectivity index (χ0n) is 13.9. The van der Waals surface area contributed by atoms with Gasteiger partial charge in [0.2, 0.25) is 0 Å². The van der Waals surface area contributed by atoms with Crippen LogP contribution in [0.5, 0.6) is 11.5 Å². The van der Waals surface area contributed by atoms with E-state index in [-0.39, 0.29) is 0 Å². The van der Waals surface area contributed by atoms with E-state index in [9.17, 15) is 4.39 Å². The average Bonchev–Trinajstić information content (AvgIpc) is 2.67. The Morgan fingerprint density at radius 2 is 1.59 bits per heavy atom. The zero-order chi connectivity index (χ0) is 16.5. The molecule has 22 heavy (non-hydrogen) atoms. The number of hydrogen-bond donors (Lipinski definition) is 0. The molecule has 120 valence electrons. The van der Waals surface area contributed by atoms with Gasteiger partial charge in [0.15, 0.2) is 11.5 Å². The van der Waals surface area contributed by atoms with Gasteiger partial charge in [0, 0.05) is 0 Å². The van der Waals surface area contributed by atoms with Crippen molar-refractivity contribution in [3.63, 3.8) is 0 Å². The quantitative estimate of drug-likeness (QED) is 0.796. The number of benzene rings is 1. The molecule has 1 fully saturated rings. The van der Waals surface area contributed by atoms with E-state index in [4.69, 9.17) is 18.8 Å². The maximum atomic E-state index is 14.4. The van der Waals surface area contributed by atoms with Gasteiger partial charge in [0.1, 0.15) is 5.73 Å². The predicted molar refractivity (Wildman–Crippen MR) is 84.7 cm³/mol. The molecule has 1 heterocycles. The molecular formula is C16H22BFO4. The van der Waals surface area contributed by atoms with Crippen LogP contribution in [0.1, 0.15) is 33.3 Å². The van der Waals surface area contributed by atoms with Gasteiger partial charge in [-0.2, -0.15) is 0 Å². The Morgan fingerprint density at radius 3 is 2.09 bits per heavy atom. The number of methoxy groups -OCH3 is 2. The van der Waals surface area contributed by atoms with Crippen molar-refractivity contribution < 1.29 is 23.2 Å². The maximum absolute atomic E-state index is 14.4. The van der Waals surface area contributed by atoms with E-state index >= 15 is 0 Å². The summed E-state index contributed by atoms with van der Waals surface area (Å²) in [5, 5.41) is 0. The molecule has 1 aromatic carbocycles. The molecule has 1 saturated heterocycles. The molecule has 0 radical (unpaired) electrons. The second-order valence-corrected chi connectivity index (χ2v) is 6.23. The first-order chi connectivity index (χ1) is 10.2. The summed E-state index contributed by atoms with van der Waals surface area (Å²) in [5.41, 5.74) is -0.975. The van der Waals surface area contributed by atoms with E-state index in [0.29, 0.717) is 17.1 Å². The van der Waals surface area contributed by atoms with E-state index in [1.165, 1.54) is 13.2 Å². The van der Waals surface area contributed by atoms with Crippen molar-refractivity contribution >= 4 is 13.2 Å². The summed E-state index contributed by atoms with van der Waals surface area (Å²) in [5.74, 6) is 1.13. The molecule has 0 bridgehead atoms. The van der Waals surface area contributed by atoms with Gasteiger partial charge in [-0.15, -0.1) is 0 Å². The molecule has 4 nitrogen and oxygen atoms in total. The van der Waals surface area contributed by atoms with Gasteiger partial charge in [-0.1, -0.05) is 6.07 Å². The third-order valence-corrected chi connectivity index (χ3v) is 4.19. The van der Waals surface area contributed by atoms with Crippen molar-refractivity contribution in [2.75, 3.05) is 14.2 Å². The SMILES string of the molecule is COc1ccc(C=C(F)B2OC(C)(C)C(C)(C)O2)cc1OC. The molecule has 0 atom stereocenters. The number of ether oxygens (including phenoxy) is 2. The van der Waals surface area contributed by atoms with Crippen LogP contribution in [0.25, 0.3) is 6.08 Å². The van der Waals surface area contributed by atoms with Gasteiger partial charge in [-0.3, -0.25) is 0 Å².